The molecule has 0 spiro atoms. The van der Waals surface area contributed by atoms with Crippen LogP contribution in [0.3, 0.4) is 0 Å². The molecule has 0 aromatic rings. The molecular weight excluding hydrogens is 442 g/mol. The second kappa shape index (κ2) is 9.84. The van der Waals surface area contributed by atoms with Crippen molar-refractivity contribution in [2.24, 2.45) is 29.4 Å². The number of carboxylic acids is 1. The van der Waals surface area contributed by atoms with Crippen molar-refractivity contribution in [1.82, 2.24) is 15.1 Å². The van der Waals surface area contributed by atoms with E-state index < -0.39 is 18.0 Å². The van der Waals surface area contributed by atoms with Gasteiger partial charge in [-0.25, -0.2) is 4.79 Å². The predicted octanol–water partition coefficient (Wildman–Crippen LogP) is 1.24. The van der Waals surface area contributed by atoms with E-state index in [2.05, 4.69) is 10.2 Å². The number of carbonyl (C=O) groups excluding carboxylic acids is 1. The van der Waals surface area contributed by atoms with E-state index in [1.54, 1.807) is 18.7 Å². The monoisotopic (exact) mass is 479 g/mol. The van der Waals surface area contributed by atoms with Crippen LogP contribution in [0.2, 0.25) is 0 Å². The first kappa shape index (κ1) is 24.3. The molecule has 10 heteroatoms. The zero-order valence-electron chi connectivity index (χ0n) is 19.5. The Hall–Kier alpha value is -1.78. The van der Waals surface area contributed by atoms with Gasteiger partial charge in [-0.15, -0.1) is 11.8 Å². The highest BCUT2D eigenvalue weighted by atomic mass is 32.2. The molecule has 4 aliphatic rings. The maximum Gasteiger partial charge on any atom is 0.353 e. The lowest BCUT2D eigenvalue weighted by Crippen LogP contribution is -2.63. The Bertz CT molecular complexity index is 826. The topological polar surface area (TPSA) is 143 Å². The van der Waals surface area contributed by atoms with Crippen molar-refractivity contribution in [2.45, 2.75) is 63.3 Å². The van der Waals surface area contributed by atoms with E-state index in [1.165, 1.54) is 30.6 Å². The SMILES string of the molecule is C[C@@H](O)[C@H]1C(=O)N2C(C(=O)O)=C(S[C@@H]3CCN(C[C@H]4CC[C@H](CNC(=N)N)CC4)C3)[C@H](C)[C@H]12. The number of β-lactam (4-membered cyclic amide) rings is 1. The number of aliphatic hydroxyl groups excluding tert-OH is 1. The first-order chi connectivity index (χ1) is 15.7. The van der Waals surface area contributed by atoms with E-state index in [9.17, 15) is 19.8 Å². The van der Waals surface area contributed by atoms with Gasteiger partial charge in [-0.05, 0) is 57.4 Å². The van der Waals surface area contributed by atoms with Gasteiger partial charge in [0, 0.05) is 35.7 Å². The number of fused-ring (bicyclic) bond motifs is 1. The lowest BCUT2D eigenvalue weighted by atomic mass is 9.79. The molecule has 0 aromatic carbocycles. The molecule has 0 radical (unpaired) electrons. The predicted molar refractivity (Wildman–Crippen MR) is 127 cm³/mol. The van der Waals surface area contributed by atoms with E-state index in [0.717, 1.165) is 37.5 Å². The molecule has 1 aliphatic carbocycles. The number of carbonyl (C=O) groups is 2. The van der Waals surface area contributed by atoms with Crippen LogP contribution in [0, 0.1) is 29.1 Å². The minimum absolute atomic E-state index is 0.0473. The highest BCUT2D eigenvalue weighted by Crippen LogP contribution is 2.52. The third kappa shape index (κ3) is 4.88. The summed E-state index contributed by atoms with van der Waals surface area (Å²) in [4.78, 5) is 29.3. The molecule has 0 aromatic heterocycles. The molecule has 184 valence electrons. The molecule has 4 rings (SSSR count). The van der Waals surface area contributed by atoms with Crippen LogP contribution < -0.4 is 11.1 Å². The van der Waals surface area contributed by atoms with Gasteiger partial charge in [-0.1, -0.05) is 6.92 Å². The Morgan fingerprint density at radius 1 is 1.27 bits per heavy atom. The Kier molecular flexibility index (Phi) is 7.26. The average Bonchev–Trinajstić information content (AvgIpc) is 3.28. The third-order valence-corrected chi connectivity index (χ3v) is 9.43. The highest BCUT2D eigenvalue weighted by Gasteiger charge is 2.60. The van der Waals surface area contributed by atoms with Crippen molar-refractivity contribution in [3.8, 4) is 0 Å². The molecule has 1 saturated carbocycles. The average molecular weight is 480 g/mol. The zero-order chi connectivity index (χ0) is 23.9. The van der Waals surface area contributed by atoms with Crippen molar-refractivity contribution in [2.75, 3.05) is 26.2 Å². The summed E-state index contributed by atoms with van der Waals surface area (Å²) in [5, 5.41) is 30.4. The first-order valence-electron chi connectivity index (χ1n) is 12.1. The number of aliphatic carboxylic acids is 1. The molecule has 33 heavy (non-hydrogen) atoms. The molecule has 0 bridgehead atoms. The van der Waals surface area contributed by atoms with Gasteiger partial charge in [-0.3, -0.25) is 10.2 Å². The molecule has 3 fully saturated rings. The second-order valence-corrected chi connectivity index (χ2v) is 11.6. The molecule has 1 amide bonds. The fourth-order valence-electron chi connectivity index (χ4n) is 6.16. The summed E-state index contributed by atoms with van der Waals surface area (Å²) in [6.07, 6.45) is 4.98. The molecular formula is C23H37N5O4S. The lowest BCUT2D eigenvalue weighted by Gasteiger charge is -2.46. The number of hydrogen-bond acceptors (Lipinski definition) is 6. The van der Waals surface area contributed by atoms with Crippen LogP contribution in [-0.4, -0.2) is 81.4 Å². The number of aliphatic hydroxyl groups is 1. The maximum absolute atomic E-state index is 12.5. The van der Waals surface area contributed by atoms with Gasteiger partial charge in [0.05, 0.1) is 18.1 Å². The quantitative estimate of drug-likeness (QED) is 0.199. The van der Waals surface area contributed by atoms with E-state index in [-0.39, 0.29) is 29.5 Å². The van der Waals surface area contributed by atoms with Crippen molar-refractivity contribution >= 4 is 29.6 Å². The van der Waals surface area contributed by atoms with Gasteiger partial charge in [0.2, 0.25) is 5.91 Å². The molecule has 3 heterocycles. The number of amides is 1. The van der Waals surface area contributed by atoms with Gasteiger partial charge in [0.25, 0.3) is 0 Å². The van der Waals surface area contributed by atoms with E-state index in [4.69, 9.17) is 11.1 Å². The minimum atomic E-state index is -1.05. The fraction of sp³-hybridized carbons (Fsp3) is 0.783. The highest BCUT2D eigenvalue weighted by molar-refractivity contribution is 8.03. The zero-order valence-corrected chi connectivity index (χ0v) is 20.3. The van der Waals surface area contributed by atoms with Gasteiger partial charge < -0.3 is 31.1 Å². The van der Waals surface area contributed by atoms with Gasteiger partial charge >= 0.3 is 5.97 Å². The summed E-state index contributed by atoms with van der Waals surface area (Å²) >= 11 is 1.64. The van der Waals surface area contributed by atoms with Crippen LogP contribution >= 0.6 is 11.8 Å². The van der Waals surface area contributed by atoms with Crippen LogP contribution in [0.1, 0.15) is 46.0 Å². The molecule has 5 atom stereocenters. The van der Waals surface area contributed by atoms with Gasteiger partial charge in [-0.2, -0.15) is 0 Å². The Labute approximate surface area is 199 Å². The number of thioether (sulfide) groups is 1. The standard InChI is InChI=1S/C23H37N5O4S/c1-12-18-17(13(2)29)21(30)28(18)19(22(31)32)20(12)33-16-7-8-27(11-16)10-15-5-3-14(4-6-15)9-26-23(24)25/h12-18,29H,3-11H2,1-2H3,(H,31,32)(H4,24,25,26)/t12-,13-,14-,15-,16-,17-,18-/m1/s1. The summed E-state index contributed by atoms with van der Waals surface area (Å²) in [5.74, 6) is -0.554. The van der Waals surface area contributed by atoms with Crippen molar-refractivity contribution in [1.29, 1.82) is 5.41 Å². The third-order valence-electron chi connectivity index (χ3n) is 7.90. The normalized spacial score (nSPS) is 35.4. The Morgan fingerprint density at radius 2 is 1.94 bits per heavy atom. The van der Waals surface area contributed by atoms with Crippen LogP contribution in [-0.2, 0) is 9.59 Å². The largest absolute Gasteiger partial charge is 0.477 e. The van der Waals surface area contributed by atoms with Crippen LogP contribution in [0.15, 0.2) is 10.6 Å². The van der Waals surface area contributed by atoms with Gasteiger partial charge in [0.1, 0.15) is 5.70 Å². The van der Waals surface area contributed by atoms with Crippen LogP contribution in [0.4, 0.5) is 0 Å². The van der Waals surface area contributed by atoms with E-state index in [1.807, 2.05) is 6.92 Å². The van der Waals surface area contributed by atoms with Crippen molar-refractivity contribution in [3.05, 3.63) is 10.6 Å². The number of nitrogens with zero attached hydrogens (tertiary/aromatic N) is 2. The number of hydrogen-bond donors (Lipinski definition) is 5. The molecule has 9 nitrogen and oxygen atoms in total. The minimum Gasteiger partial charge on any atom is -0.477 e. The smallest absolute Gasteiger partial charge is 0.353 e. The summed E-state index contributed by atoms with van der Waals surface area (Å²) < 4.78 is 0. The second-order valence-electron chi connectivity index (χ2n) is 10.2. The number of carboxylic acid groups (broad SMARTS) is 1. The van der Waals surface area contributed by atoms with Crippen molar-refractivity contribution < 1.29 is 19.8 Å². The Morgan fingerprint density at radius 3 is 2.55 bits per heavy atom. The lowest BCUT2D eigenvalue weighted by molar-refractivity contribution is -0.163. The van der Waals surface area contributed by atoms with Crippen molar-refractivity contribution in [3.63, 3.8) is 0 Å². The molecule has 2 saturated heterocycles. The summed E-state index contributed by atoms with van der Waals surface area (Å²) in [7, 11) is 0. The van der Waals surface area contributed by atoms with E-state index in [0.29, 0.717) is 17.1 Å². The molecule has 6 N–H and O–H groups in total. The van der Waals surface area contributed by atoms with E-state index >= 15 is 0 Å². The number of likely N-dealkylation sites (tertiary alicyclic amines) is 1. The number of nitrogens with one attached hydrogen (secondary N) is 2. The summed E-state index contributed by atoms with van der Waals surface area (Å²) in [6.45, 7) is 7.44. The number of rotatable bonds is 8. The fourth-order valence-corrected chi connectivity index (χ4v) is 7.67. The summed E-state index contributed by atoms with van der Waals surface area (Å²) in [5.41, 5.74) is 5.53. The molecule has 3 aliphatic heterocycles. The maximum atomic E-state index is 12.5. The number of nitrogens with two attached hydrogens (primary N) is 1. The summed E-state index contributed by atoms with van der Waals surface area (Å²) in [6, 6.07) is -0.240. The molecule has 0 unspecified atom stereocenters. The number of guanidine groups is 1. The Balaban J connectivity index is 1.30. The van der Waals surface area contributed by atoms with Crippen LogP contribution in [0.5, 0.6) is 0 Å². The van der Waals surface area contributed by atoms with Crippen LogP contribution in [0.25, 0.3) is 0 Å². The first-order valence-corrected chi connectivity index (χ1v) is 13.0. The van der Waals surface area contributed by atoms with Gasteiger partial charge in [0.15, 0.2) is 5.96 Å².